The molecule has 2 amide bonds. The SMILES string of the molecule is O=C(CCc1ccsc1)NCc1ccc(N2CCCC2=O)cc1. The van der Waals surface area contributed by atoms with E-state index in [2.05, 4.69) is 16.8 Å². The van der Waals surface area contributed by atoms with Crippen molar-refractivity contribution in [1.29, 1.82) is 0 Å². The Labute approximate surface area is 140 Å². The first-order valence-corrected chi connectivity index (χ1v) is 8.84. The third-order valence-corrected chi connectivity index (χ3v) is 4.76. The minimum atomic E-state index is 0.0648. The molecular weight excluding hydrogens is 308 g/mol. The van der Waals surface area contributed by atoms with Crippen LogP contribution in [0.1, 0.15) is 30.4 Å². The van der Waals surface area contributed by atoms with Crippen LogP contribution in [-0.2, 0) is 22.6 Å². The van der Waals surface area contributed by atoms with Gasteiger partial charge in [0.2, 0.25) is 11.8 Å². The largest absolute Gasteiger partial charge is 0.352 e. The highest BCUT2D eigenvalue weighted by molar-refractivity contribution is 7.07. The molecule has 23 heavy (non-hydrogen) atoms. The Balaban J connectivity index is 1.46. The third-order valence-electron chi connectivity index (χ3n) is 4.03. The van der Waals surface area contributed by atoms with Crippen LogP contribution >= 0.6 is 11.3 Å². The number of rotatable bonds is 6. The van der Waals surface area contributed by atoms with Gasteiger partial charge in [-0.15, -0.1) is 0 Å². The van der Waals surface area contributed by atoms with Crippen LogP contribution in [0.4, 0.5) is 5.69 Å². The first-order chi connectivity index (χ1) is 11.2. The number of thiophene rings is 1. The van der Waals surface area contributed by atoms with Gasteiger partial charge in [-0.05, 0) is 52.9 Å². The Hall–Kier alpha value is -2.14. The molecule has 2 heterocycles. The fourth-order valence-corrected chi connectivity index (χ4v) is 3.40. The zero-order valence-electron chi connectivity index (χ0n) is 13.0. The van der Waals surface area contributed by atoms with Crippen molar-refractivity contribution in [2.45, 2.75) is 32.2 Å². The summed E-state index contributed by atoms with van der Waals surface area (Å²) in [6.07, 6.45) is 2.87. The molecule has 0 atom stereocenters. The predicted molar refractivity (Wildman–Crippen MR) is 92.5 cm³/mol. The Morgan fingerprint density at radius 3 is 2.65 bits per heavy atom. The molecule has 3 rings (SSSR count). The van der Waals surface area contributed by atoms with Gasteiger partial charge < -0.3 is 10.2 Å². The summed E-state index contributed by atoms with van der Waals surface area (Å²) < 4.78 is 0. The fourth-order valence-electron chi connectivity index (χ4n) is 2.70. The normalized spacial score (nSPS) is 14.3. The number of anilines is 1. The molecule has 1 N–H and O–H groups in total. The van der Waals surface area contributed by atoms with Crippen molar-refractivity contribution >= 4 is 28.8 Å². The standard InChI is InChI=1S/C18H20N2O2S/c21-17(8-5-15-9-11-23-13-15)19-12-14-3-6-16(7-4-14)20-10-1-2-18(20)22/h3-4,6-7,9,11,13H,1-2,5,8,10,12H2,(H,19,21). The van der Waals surface area contributed by atoms with E-state index < -0.39 is 0 Å². The maximum absolute atomic E-state index is 11.9. The second kappa shape index (κ2) is 7.42. The van der Waals surface area contributed by atoms with Gasteiger partial charge in [0.05, 0.1) is 0 Å². The van der Waals surface area contributed by atoms with Gasteiger partial charge in [-0.3, -0.25) is 9.59 Å². The second-order valence-corrected chi connectivity index (χ2v) is 6.50. The lowest BCUT2D eigenvalue weighted by atomic mass is 10.1. The number of hydrogen-bond donors (Lipinski definition) is 1. The van der Waals surface area contributed by atoms with E-state index in [4.69, 9.17) is 0 Å². The van der Waals surface area contributed by atoms with E-state index in [1.807, 2.05) is 34.5 Å². The first kappa shape index (κ1) is 15.7. The smallest absolute Gasteiger partial charge is 0.227 e. The molecule has 120 valence electrons. The Bertz CT molecular complexity index is 665. The van der Waals surface area contributed by atoms with Gasteiger partial charge in [-0.25, -0.2) is 0 Å². The predicted octanol–water partition coefficient (Wildman–Crippen LogP) is 3.12. The molecule has 2 aromatic rings. The van der Waals surface area contributed by atoms with Crippen LogP contribution in [0.15, 0.2) is 41.1 Å². The molecule has 4 nitrogen and oxygen atoms in total. The van der Waals surface area contributed by atoms with Crippen molar-refractivity contribution < 1.29 is 9.59 Å². The van der Waals surface area contributed by atoms with Crippen molar-refractivity contribution in [2.24, 2.45) is 0 Å². The lowest BCUT2D eigenvalue weighted by Crippen LogP contribution is -2.24. The number of benzene rings is 1. The monoisotopic (exact) mass is 328 g/mol. The van der Waals surface area contributed by atoms with Crippen LogP contribution in [0.2, 0.25) is 0 Å². The molecule has 0 spiro atoms. The molecule has 0 bridgehead atoms. The molecule has 1 aliphatic rings. The third kappa shape index (κ3) is 4.20. The van der Waals surface area contributed by atoms with Gasteiger partial charge >= 0.3 is 0 Å². The number of carbonyl (C=O) groups excluding carboxylic acids is 2. The molecule has 0 aliphatic carbocycles. The summed E-state index contributed by atoms with van der Waals surface area (Å²) in [6.45, 7) is 1.33. The van der Waals surface area contributed by atoms with Crippen molar-refractivity contribution in [3.8, 4) is 0 Å². The summed E-state index contributed by atoms with van der Waals surface area (Å²) >= 11 is 1.65. The topological polar surface area (TPSA) is 49.4 Å². The molecule has 0 saturated carbocycles. The van der Waals surface area contributed by atoms with Crippen LogP contribution in [0.25, 0.3) is 0 Å². The van der Waals surface area contributed by atoms with Crippen LogP contribution in [-0.4, -0.2) is 18.4 Å². The summed E-state index contributed by atoms with van der Waals surface area (Å²) in [6, 6.07) is 9.91. The quantitative estimate of drug-likeness (QED) is 0.886. The molecule has 0 radical (unpaired) electrons. The maximum Gasteiger partial charge on any atom is 0.227 e. The number of carbonyl (C=O) groups is 2. The average molecular weight is 328 g/mol. The van der Waals surface area contributed by atoms with E-state index in [1.54, 1.807) is 11.3 Å². The number of amides is 2. The van der Waals surface area contributed by atoms with Crippen molar-refractivity contribution in [1.82, 2.24) is 5.32 Å². The molecular formula is C18H20N2O2S. The van der Waals surface area contributed by atoms with E-state index in [9.17, 15) is 9.59 Å². The number of nitrogens with one attached hydrogen (secondary N) is 1. The summed E-state index contributed by atoms with van der Waals surface area (Å²) in [7, 11) is 0. The Morgan fingerprint density at radius 2 is 2.00 bits per heavy atom. The van der Waals surface area contributed by atoms with Crippen LogP contribution in [0.5, 0.6) is 0 Å². The average Bonchev–Trinajstić information content (AvgIpc) is 3.23. The highest BCUT2D eigenvalue weighted by atomic mass is 32.1. The molecule has 0 unspecified atom stereocenters. The highest BCUT2D eigenvalue weighted by Crippen LogP contribution is 2.21. The van der Waals surface area contributed by atoms with Gasteiger partial charge in [-0.2, -0.15) is 11.3 Å². The maximum atomic E-state index is 11.9. The van der Waals surface area contributed by atoms with E-state index in [0.717, 1.165) is 30.6 Å². The first-order valence-electron chi connectivity index (χ1n) is 7.89. The molecule has 1 aliphatic heterocycles. The van der Waals surface area contributed by atoms with E-state index in [-0.39, 0.29) is 11.8 Å². The lowest BCUT2D eigenvalue weighted by Gasteiger charge is -2.16. The second-order valence-electron chi connectivity index (χ2n) is 5.72. The van der Waals surface area contributed by atoms with Crippen molar-refractivity contribution in [2.75, 3.05) is 11.4 Å². The number of nitrogens with zero attached hydrogens (tertiary/aromatic N) is 1. The summed E-state index contributed by atoms with van der Waals surface area (Å²) in [5.74, 6) is 0.259. The van der Waals surface area contributed by atoms with Gasteiger partial charge in [0, 0.05) is 31.6 Å². The minimum absolute atomic E-state index is 0.0648. The van der Waals surface area contributed by atoms with E-state index in [0.29, 0.717) is 19.4 Å². The van der Waals surface area contributed by atoms with Gasteiger partial charge in [0.25, 0.3) is 0 Å². The van der Waals surface area contributed by atoms with Crippen molar-refractivity contribution in [3.05, 3.63) is 52.2 Å². The van der Waals surface area contributed by atoms with Crippen LogP contribution in [0, 0.1) is 0 Å². The Kier molecular flexibility index (Phi) is 5.08. The molecule has 5 heteroatoms. The van der Waals surface area contributed by atoms with Gasteiger partial charge in [0.15, 0.2) is 0 Å². The fraction of sp³-hybridized carbons (Fsp3) is 0.333. The van der Waals surface area contributed by atoms with E-state index in [1.165, 1.54) is 5.56 Å². The zero-order chi connectivity index (χ0) is 16.1. The molecule has 1 fully saturated rings. The van der Waals surface area contributed by atoms with Gasteiger partial charge in [-0.1, -0.05) is 12.1 Å². The van der Waals surface area contributed by atoms with Crippen LogP contribution < -0.4 is 10.2 Å². The van der Waals surface area contributed by atoms with Gasteiger partial charge in [0.1, 0.15) is 0 Å². The summed E-state index contributed by atoms with van der Waals surface area (Å²) in [5.41, 5.74) is 3.20. The summed E-state index contributed by atoms with van der Waals surface area (Å²) in [5, 5.41) is 7.05. The Morgan fingerprint density at radius 1 is 1.17 bits per heavy atom. The molecule has 1 aromatic heterocycles. The minimum Gasteiger partial charge on any atom is -0.352 e. The van der Waals surface area contributed by atoms with Crippen LogP contribution in [0.3, 0.4) is 0 Å². The summed E-state index contributed by atoms with van der Waals surface area (Å²) in [4.78, 5) is 25.4. The number of hydrogen-bond acceptors (Lipinski definition) is 3. The van der Waals surface area contributed by atoms with Crippen molar-refractivity contribution in [3.63, 3.8) is 0 Å². The molecule has 1 aromatic carbocycles. The molecule has 1 saturated heterocycles. The number of aryl methyl sites for hydroxylation is 1. The highest BCUT2D eigenvalue weighted by Gasteiger charge is 2.21. The zero-order valence-corrected chi connectivity index (χ0v) is 13.8. The van der Waals surface area contributed by atoms with E-state index >= 15 is 0 Å². The lowest BCUT2D eigenvalue weighted by molar-refractivity contribution is -0.121.